The first-order valence-electron chi connectivity index (χ1n) is 26.3. The number of piperazine rings is 1. The van der Waals surface area contributed by atoms with Crippen LogP contribution < -0.4 is 5.32 Å². The first-order chi connectivity index (χ1) is 37.3. The highest BCUT2D eigenvalue weighted by Gasteiger charge is 2.57. The summed E-state index contributed by atoms with van der Waals surface area (Å²) in [6.07, 6.45) is 4.83. The number of halogens is 7. The molecule has 2 aromatic heterocycles. The maximum absolute atomic E-state index is 15.3. The zero-order valence-electron chi connectivity index (χ0n) is 44.7. The van der Waals surface area contributed by atoms with Gasteiger partial charge in [-0.1, -0.05) is 112 Å². The third-order valence-corrected chi connectivity index (χ3v) is 19.1. The van der Waals surface area contributed by atoms with Crippen LogP contribution in [0.3, 0.4) is 0 Å². The van der Waals surface area contributed by atoms with Gasteiger partial charge in [-0.25, -0.2) is 37.9 Å². The number of carbonyl (C=O) groups excluding carboxylic acids is 2. The molecule has 8 heterocycles. The molecule has 6 aliphatic heterocycles. The highest BCUT2D eigenvalue weighted by atomic mass is 35.5. The number of pyridine rings is 2. The van der Waals surface area contributed by atoms with Crippen LogP contribution in [0.1, 0.15) is 115 Å². The Balaban J connectivity index is 0.000000201. The van der Waals surface area contributed by atoms with Gasteiger partial charge in [0.25, 0.3) is 5.91 Å². The van der Waals surface area contributed by atoms with Gasteiger partial charge in [0.15, 0.2) is 10.3 Å². The summed E-state index contributed by atoms with van der Waals surface area (Å²) >= 11 is 26.5. The summed E-state index contributed by atoms with van der Waals surface area (Å²) in [6, 6.07) is 14.5. The van der Waals surface area contributed by atoms with Crippen LogP contribution in [0.2, 0.25) is 20.4 Å². The minimum absolute atomic E-state index is 0.00212. The molecule has 0 radical (unpaired) electrons. The Morgan fingerprint density at radius 1 is 0.734 bits per heavy atom. The zero-order chi connectivity index (χ0) is 56.8. The second-order valence-corrected chi connectivity index (χ2v) is 26.2. The quantitative estimate of drug-likeness (QED) is 0.138. The van der Waals surface area contributed by atoms with Crippen molar-refractivity contribution in [1.29, 1.82) is 0 Å². The van der Waals surface area contributed by atoms with Gasteiger partial charge in [-0.2, -0.15) is 0 Å². The lowest BCUT2D eigenvalue weighted by molar-refractivity contribution is -0.145. The van der Waals surface area contributed by atoms with Crippen LogP contribution in [-0.2, 0) is 25.5 Å². The lowest BCUT2D eigenvalue weighted by atomic mass is 9.81. The van der Waals surface area contributed by atoms with Gasteiger partial charge in [0.05, 0.1) is 28.7 Å². The van der Waals surface area contributed by atoms with Gasteiger partial charge in [0, 0.05) is 66.0 Å². The van der Waals surface area contributed by atoms with Crippen molar-refractivity contribution in [1.82, 2.24) is 34.9 Å². The molecule has 2 N–H and O–H groups in total. The van der Waals surface area contributed by atoms with Crippen molar-refractivity contribution >= 4 is 98.0 Å². The Morgan fingerprint density at radius 2 is 1.23 bits per heavy atom. The Bertz CT molecular complexity index is 3250. The number of aliphatic carboxylic acids is 1. The predicted molar refractivity (Wildman–Crippen MR) is 307 cm³/mol. The molecule has 7 aliphatic rings. The van der Waals surface area contributed by atoms with Crippen molar-refractivity contribution in [2.45, 2.75) is 128 Å². The fraction of sp³-hybridized carbons (Fsp3) is 0.456. The van der Waals surface area contributed by atoms with E-state index in [4.69, 9.17) is 56.4 Å². The number of amidine groups is 2. The van der Waals surface area contributed by atoms with Crippen LogP contribution >= 0.6 is 69.9 Å². The maximum Gasteiger partial charge on any atom is 0.344 e. The van der Waals surface area contributed by atoms with E-state index in [-0.39, 0.29) is 63.1 Å². The molecule has 2 aromatic carbocycles. The molecule has 0 bridgehead atoms. The van der Waals surface area contributed by atoms with E-state index < -0.39 is 53.0 Å². The summed E-state index contributed by atoms with van der Waals surface area (Å²) in [7, 11) is 0. The van der Waals surface area contributed by atoms with Gasteiger partial charge < -0.3 is 30.0 Å². The highest BCUT2D eigenvalue weighted by molar-refractivity contribution is 8.18. The van der Waals surface area contributed by atoms with Gasteiger partial charge in [-0.15, -0.1) is 0 Å². The molecule has 13 nitrogen and oxygen atoms in total. The number of allylic oxidation sites excluding steroid dienone is 2. The minimum Gasteiger partial charge on any atom is -0.477 e. The van der Waals surface area contributed by atoms with E-state index in [2.05, 4.69) is 29.1 Å². The molecule has 3 fully saturated rings. The number of carbonyl (C=O) groups is 3. The lowest BCUT2D eigenvalue weighted by Gasteiger charge is -2.43. The molecule has 1 spiro atoms. The number of aromatic nitrogens is 2. The van der Waals surface area contributed by atoms with E-state index in [1.54, 1.807) is 36.7 Å². The fourth-order valence-electron chi connectivity index (χ4n) is 12.0. The molecule has 1 saturated carbocycles. The standard InChI is InChI=1S/C36H42Cl2F2N6O2S.C21H18Cl2FN3O2S/c1-19(2)12-24-16-42-36(10-11-36)18-45(24)32(47)27-14-23(39)17-44(27)33(48)30-29(20(3)4)46-31(21-6-8-25(37)26(40)13-21)35(5,43-34(46)49-30)22-7-9-28(38)41-15-22;1-10(2)16-17(19(28)29)30-20-26-21(3,12-5-7-15(23)25-9-12)18(27(16)20)11-4-6-13(22)14(24)8-11/h6-9,13,15,19-20,23-24,27,31,42H,10-12,14,16-18H2,1-5H3;4-10,18H,1-3H3,(H,28,29)/t23-,24-,27+,31-,35+;18-,21+/m11/s1. The molecule has 2 saturated heterocycles. The Kier molecular flexibility index (Phi) is 15.9. The molecule has 0 unspecified atom stereocenters. The SMILES string of the molecule is CC(C)C1=C(C(=O)O)SC2=N[C@@](C)(c3ccc(Cl)nc3)[C@@H](c3ccc(Cl)c(F)c3)N21.CC(C)C[C@@H]1CNC2(CC2)CN1C(=O)[C@@H]1C[C@@H](F)CN1C(=O)C1=C(C(C)C)N2C(=N[C@@](C)(c3ccc(Cl)nc3)[C@H]2c2ccc(Cl)c(F)c2)S1. The van der Waals surface area contributed by atoms with E-state index in [1.807, 2.05) is 68.4 Å². The first-order valence-corrected chi connectivity index (χ1v) is 29.5. The first kappa shape index (κ1) is 57.4. The highest BCUT2D eigenvalue weighted by Crippen LogP contribution is 2.58. The van der Waals surface area contributed by atoms with Crippen molar-refractivity contribution in [3.05, 3.63) is 149 Å². The summed E-state index contributed by atoms with van der Waals surface area (Å²) in [5.41, 5.74) is 2.32. The fourth-order valence-corrected chi connectivity index (χ4v) is 15.1. The minimum atomic E-state index is -1.31. The van der Waals surface area contributed by atoms with Gasteiger partial charge in [-0.3, -0.25) is 9.59 Å². The van der Waals surface area contributed by atoms with Crippen molar-refractivity contribution in [2.75, 3.05) is 19.6 Å². The Labute approximate surface area is 486 Å². The van der Waals surface area contributed by atoms with Gasteiger partial charge in [-0.05, 0) is 122 Å². The van der Waals surface area contributed by atoms with Crippen LogP contribution in [0.15, 0.2) is 104 Å². The van der Waals surface area contributed by atoms with Crippen molar-refractivity contribution in [3.63, 3.8) is 0 Å². The predicted octanol–water partition coefficient (Wildman–Crippen LogP) is 12.9. The molecule has 7 atom stereocenters. The largest absolute Gasteiger partial charge is 0.477 e. The molecular formula is C57H60Cl4F3N9O4S2. The summed E-state index contributed by atoms with van der Waals surface area (Å²) in [4.78, 5) is 67.5. The van der Waals surface area contributed by atoms with Crippen molar-refractivity contribution < 1.29 is 32.7 Å². The smallest absolute Gasteiger partial charge is 0.344 e. The number of thioether (sulfide) groups is 2. The normalized spacial score (nSPS) is 26.8. The number of fused-ring (bicyclic) bond motifs is 2. The number of alkyl halides is 1. The van der Waals surface area contributed by atoms with Crippen molar-refractivity contribution in [2.24, 2.45) is 27.7 Å². The number of nitrogens with one attached hydrogen (secondary N) is 1. The molecule has 4 aromatic rings. The van der Waals surface area contributed by atoms with Gasteiger partial charge >= 0.3 is 5.97 Å². The molecule has 418 valence electrons. The number of rotatable bonds is 11. The molecule has 79 heavy (non-hydrogen) atoms. The number of benzene rings is 2. The maximum atomic E-state index is 15.3. The number of hydrogen-bond acceptors (Lipinski definition) is 12. The number of hydrogen-bond donors (Lipinski definition) is 2. The molecule has 1 aliphatic carbocycles. The van der Waals surface area contributed by atoms with E-state index in [0.717, 1.165) is 42.2 Å². The molecule has 11 rings (SSSR count). The van der Waals surface area contributed by atoms with Gasteiger partial charge in [0.1, 0.15) is 55.0 Å². The van der Waals surface area contributed by atoms with Crippen LogP contribution in [0.25, 0.3) is 0 Å². The zero-order valence-corrected chi connectivity index (χ0v) is 49.4. The second-order valence-electron chi connectivity index (χ2n) is 22.7. The Hall–Kier alpha value is -4.82. The molecular weight excluding hydrogens is 1140 g/mol. The number of nitrogens with zero attached hydrogens (tertiary/aromatic N) is 8. The van der Waals surface area contributed by atoms with E-state index in [1.165, 1.54) is 40.9 Å². The topological polar surface area (TPSA) is 147 Å². The van der Waals surface area contributed by atoms with Crippen LogP contribution in [0.5, 0.6) is 0 Å². The lowest BCUT2D eigenvalue weighted by Crippen LogP contribution is -2.63. The average molecular weight is 1200 g/mol. The number of likely N-dealkylation sites (tertiary alicyclic amines) is 1. The number of amides is 2. The third kappa shape index (κ3) is 10.6. The van der Waals surface area contributed by atoms with Crippen LogP contribution in [0.4, 0.5) is 13.2 Å². The third-order valence-electron chi connectivity index (χ3n) is 15.9. The number of carboxylic acid groups (broad SMARTS) is 1. The van der Waals surface area contributed by atoms with Crippen LogP contribution in [-0.4, -0.2) is 106 Å². The number of carboxylic acids is 1. The average Bonchev–Trinajstić information content (AvgIpc) is 3.45. The van der Waals surface area contributed by atoms with E-state index in [9.17, 15) is 23.9 Å². The monoisotopic (exact) mass is 1200 g/mol. The Morgan fingerprint density at radius 3 is 1.66 bits per heavy atom. The van der Waals surface area contributed by atoms with Crippen molar-refractivity contribution in [3.8, 4) is 0 Å². The van der Waals surface area contributed by atoms with Crippen LogP contribution in [0, 0.1) is 29.4 Å². The second kappa shape index (κ2) is 21.8. The summed E-state index contributed by atoms with van der Waals surface area (Å²) in [6.45, 7) is 17.1. The van der Waals surface area contributed by atoms with E-state index in [0.29, 0.717) is 67.1 Å². The number of aliphatic imine (C=N–C) groups is 2. The van der Waals surface area contributed by atoms with Gasteiger partial charge in [0.2, 0.25) is 5.91 Å². The van der Waals surface area contributed by atoms with E-state index >= 15 is 8.78 Å². The molecule has 2 amide bonds. The summed E-state index contributed by atoms with van der Waals surface area (Å²) in [5, 5.41) is 15.2. The summed E-state index contributed by atoms with van der Waals surface area (Å²) in [5.74, 6) is -2.52. The molecule has 22 heteroatoms. The summed E-state index contributed by atoms with van der Waals surface area (Å²) < 4.78 is 44.8.